The third kappa shape index (κ3) is 2.63. The summed E-state index contributed by atoms with van der Waals surface area (Å²) in [5.74, 6) is 0.0758. The van der Waals surface area contributed by atoms with Crippen molar-refractivity contribution in [2.24, 2.45) is 0 Å². The number of carboxylic acids is 1. The molecule has 1 aliphatic rings. The summed E-state index contributed by atoms with van der Waals surface area (Å²) >= 11 is 1.31. The molecule has 1 aromatic heterocycles. The van der Waals surface area contributed by atoms with Crippen LogP contribution in [-0.2, 0) is 17.8 Å². The van der Waals surface area contributed by atoms with Crippen LogP contribution < -0.4 is 0 Å². The number of aliphatic carboxylic acids is 1. The summed E-state index contributed by atoms with van der Waals surface area (Å²) in [7, 11) is 0. The van der Waals surface area contributed by atoms with Gasteiger partial charge in [-0.3, -0.25) is 0 Å². The number of rotatable bonds is 3. The van der Waals surface area contributed by atoms with Gasteiger partial charge < -0.3 is 9.67 Å². The van der Waals surface area contributed by atoms with E-state index in [1.165, 1.54) is 23.6 Å². The van der Waals surface area contributed by atoms with E-state index < -0.39 is 5.97 Å². The van der Waals surface area contributed by atoms with Crippen molar-refractivity contribution >= 4 is 17.7 Å². The maximum Gasteiger partial charge on any atom is 0.328 e. The molecule has 6 heteroatoms. The molecule has 0 unspecified atom stereocenters. The third-order valence-corrected chi connectivity index (χ3v) is 3.24. The van der Waals surface area contributed by atoms with Gasteiger partial charge in [0.25, 0.3) is 0 Å². The number of thioether (sulfide) groups is 1. The molecule has 1 N–H and O–H groups in total. The molecular weight excluding hydrogens is 226 g/mol. The lowest BCUT2D eigenvalue weighted by molar-refractivity contribution is -0.131. The highest BCUT2D eigenvalue weighted by molar-refractivity contribution is 8.02. The van der Waals surface area contributed by atoms with Crippen molar-refractivity contribution in [3.8, 4) is 0 Å². The van der Waals surface area contributed by atoms with Crippen LogP contribution in [0.2, 0.25) is 0 Å². The maximum atomic E-state index is 10.3. The molecule has 1 aliphatic heterocycles. The molecule has 16 heavy (non-hydrogen) atoms. The first-order chi connectivity index (χ1) is 7.77. The van der Waals surface area contributed by atoms with Gasteiger partial charge in [-0.05, 0) is 18.2 Å². The largest absolute Gasteiger partial charge is 0.478 e. The summed E-state index contributed by atoms with van der Waals surface area (Å²) in [6, 6.07) is 0. The maximum absolute atomic E-state index is 10.3. The van der Waals surface area contributed by atoms with E-state index in [0.29, 0.717) is 0 Å². The van der Waals surface area contributed by atoms with Crippen LogP contribution in [0.25, 0.3) is 0 Å². The zero-order valence-corrected chi connectivity index (χ0v) is 9.61. The Labute approximate surface area is 97.6 Å². The Morgan fingerprint density at radius 2 is 2.25 bits per heavy atom. The number of carboxylic acid groups (broad SMARTS) is 1. The Bertz CT molecular complexity index is 414. The molecular formula is C10H13N3O2S. The van der Waals surface area contributed by atoms with Crippen molar-refractivity contribution < 1.29 is 9.90 Å². The first-order valence-corrected chi connectivity index (χ1v) is 6.13. The summed E-state index contributed by atoms with van der Waals surface area (Å²) in [6.45, 7) is 0.936. The second kappa shape index (κ2) is 5.16. The highest BCUT2D eigenvalue weighted by Gasteiger charge is 2.13. The monoisotopic (exact) mass is 239 g/mol. The molecule has 86 valence electrons. The SMILES string of the molecule is O=C(O)C=CSc1nnc2n1CCCCC2. The quantitative estimate of drug-likeness (QED) is 0.642. The topological polar surface area (TPSA) is 68.0 Å². The van der Waals surface area contributed by atoms with Crippen molar-refractivity contribution in [2.45, 2.75) is 37.4 Å². The standard InChI is InChI=1S/C10H13N3O2S/c14-9(15)5-7-16-10-12-11-8-4-2-1-3-6-13(8)10/h5,7H,1-4,6H2,(H,14,15). The third-order valence-electron chi connectivity index (χ3n) is 2.46. The number of hydrogen-bond acceptors (Lipinski definition) is 4. The van der Waals surface area contributed by atoms with E-state index in [9.17, 15) is 4.79 Å². The van der Waals surface area contributed by atoms with Gasteiger partial charge in [-0.15, -0.1) is 10.2 Å². The van der Waals surface area contributed by atoms with Crippen LogP contribution in [0.3, 0.4) is 0 Å². The lowest BCUT2D eigenvalue weighted by atomic mass is 10.2. The zero-order valence-electron chi connectivity index (χ0n) is 8.80. The summed E-state index contributed by atoms with van der Waals surface area (Å²) in [6.07, 6.45) is 5.60. The van der Waals surface area contributed by atoms with E-state index in [1.807, 2.05) is 0 Å². The fourth-order valence-corrected chi connectivity index (χ4v) is 2.42. The van der Waals surface area contributed by atoms with Gasteiger partial charge in [0.05, 0.1) is 0 Å². The second-order valence-electron chi connectivity index (χ2n) is 3.62. The van der Waals surface area contributed by atoms with Gasteiger partial charge in [0.2, 0.25) is 0 Å². The Morgan fingerprint density at radius 1 is 1.38 bits per heavy atom. The minimum Gasteiger partial charge on any atom is -0.478 e. The molecule has 5 nitrogen and oxygen atoms in total. The summed E-state index contributed by atoms with van der Waals surface area (Å²) in [4.78, 5) is 10.3. The van der Waals surface area contributed by atoms with E-state index in [1.54, 1.807) is 0 Å². The van der Waals surface area contributed by atoms with E-state index in [0.717, 1.165) is 42.9 Å². The van der Waals surface area contributed by atoms with Gasteiger partial charge in [-0.2, -0.15) is 0 Å². The summed E-state index contributed by atoms with van der Waals surface area (Å²) < 4.78 is 2.09. The van der Waals surface area contributed by atoms with E-state index in [-0.39, 0.29) is 0 Å². The van der Waals surface area contributed by atoms with Crippen LogP contribution in [-0.4, -0.2) is 25.8 Å². The van der Waals surface area contributed by atoms with Gasteiger partial charge in [-0.25, -0.2) is 4.79 Å². The van der Waals surface area contributed by atoms with Gasteiger partial charge in [0.1, 0.15) is 5.82 Å². The average molecular weight is 239 g/mol. The van der Waals surface area contributed by atoms with Crippen molar-refractivity contribution in [2.75, 3.05) is 0 Å². The predicted molar refractivity (Wildman–Crippen MR) is 60.2 cm³/mol. The van der Waals surface area contributed by atoms with E-state index in [2.05, 4.69) is 14.8 Å². The Morgan fingerprint density at radius 3 is 3.06 bits per heavy atom. The van der Waals surface area contributed by atoms with Crippen molar-refractivity contribution in [3.63, 3.8) is 0 Å². The van der Waals surface area contributed by atoms with Gasteiger partial charge in [-0.1, -0.05) is 18.2 Å². The smallest absolute Gasteiger partial charge is 0.328 e. The molecule has 0 spiro atoms. The molecule has 1 aromatic rings. The molecule has 0 aromatic carbocycles. The number of hydrogen-bond donors (Lipinski definition) is 1. The molecule has 0 saturated heterocycles. The molecule has 0 atom stereocenters. The van der Waals surface area contributed by atoms with Crippen molar-refractivity contribution in [1.29, 1.82) is 0 Å². The van der Waals surface area contributed by atoms with Crippen molar-refractivity contribution in [1.82, 2.24) is 14.8 Å². The Kier molecular flexibility index (Phi) is 3.61. The molecule has 0 bridgehead atoms. The van der Waals surface area contributed by atoms with Crippen LogP contribution in [0.15, 0.2) is 16.6 Å². The van der Waals surface area contributed by atoms with E-state index in [4.69, 9.17) is 5.11 Å². The minimum absolute atomic E-state index is 0.786. The molecule has 0 radical (unpaired) electrons. The number of aromatic nitrogens is 3. The van der Waals surface area contributed by atoms with Gasteiger partial charge in [0, 0.05) is 19.0 Å². The van der Waals surface area contributed by atoms with Crippen molar-refractivity contribution in [3.05, 3.63) is 17.3 Å². The highest BCUT2D eigenvalue weighted by atomic mass is 32.2. The normalized spacial score (nSPS) is 16.0. The van der Waals surface area contributed by atoms with Gasteiger partial charge >= 0.3 is 5.97 Å². The van der Waals surface area contributed by atoms with Crippen LogP contribution >= 0.6 is 11.8 Å². The molecule has 0 fully saturated rings. The Balaban J connectivity index is 2.10. The summed E-state index contributed by atoms with van der Waals surface area (Å²) in [5, 5.41) is 19.0. The fourth-order valence-electron chi connectivity index (χ4n) is 1.70. The lowest BCUT2D eigenvalue weighted by Crippen LogP contribution is -2.01. The fraction of sp³-hybridized carbons (Fsp3) is 0.500. The first-order valence-electron chi connectivity index (χ1n) is 5.25. The van der Waals surface area contributed by atoms with E-state index >= 15 is 0 Å². The zero-order chi connectivity index (χ0) is 11.4. The first kappa shape index (κ1) is 11.2. The van der Waals surface area contributed by atoms with Crippen LogP contribution in [0, 0.1) is 0 Å². The molecule has 0 aliphatic carbocycles. The molecule has 2 heterocycles. The van der Waals surface area contributed by atoms with Crippen LogP contribution in [0.5, 0.6) is 0 Å². The van der Waals surface area contributed by atoms with Crippen LogP contribution in [0.1, 0.15) is 25.1 Å². The Hall–Kier alpha value is -1.30. The average Bonchev–Trinajstić information content (AvgIpc) is 2.49. The molecule has 2 rings (SSSR count). The van der Waals surface area contributed by atoms with Crippen LogP contribution in [0.4, 0.5) is 0 Å². The number of nitrogens with zero attached hydrogens (tertiary/aromatic N) is 3. The summed E-state index contributed by atoms with van der Waals surface area (Å²) in [5.41, 5.74) is 0. The van der Waals surface area contributed by atoms with Gasteiger partial charge in [0.15, 0.2) is 5.16 Å². The second-order valence-corrected chi connectivity index (χ2v) is 4.49. The number of carbonyl (C=O) groups is 1. The lowest BCUT2D eigenvalue weighted by Gasteiger charge is -2.03. The number of aryl methyl sites for hydroxylation is 1. The minimum atomic E-state index is -0.942. The highest BCUT2D eigenvalue weighted by Crippen LogP contribution is 2.22. The predicted octanol–water partition coefficient (Wildman–Crippen LogP) is 1.69. The number of fused-ring (bicyclic) bond motifs is 1. The molecule has 0 amide bonds. The molecule has 0 saturated carbocycles.